The molecule has 0 atom stereocenters. The van der Waals surface area contributed by atoms with Gasteiger partial charge in [-0.2, -0.15) is 4.68 Å². The fraction of sp³-hybridized carbons (Fsp3) is 0.200. The van der Waals surface area contributed by atoms with Crippen molar-refractivity contribution in [3.8, 4) is 0 Å². The van der Waals surface area contributed by atoms with Gasteiger partial charge in [0.1, 0.15) is 12.4 Å². The molecule has 0 saturated heterocycles. The summed E-state index contributed by atoms with van der Waals surface area (Å²) >= 11 is 6.01. The van der Waals surface area contributed by atoms with E-state index in [1.165, 1.54) is 4.68 Å². The molecule has 0 aliphatic carbocycles. The molecule has 0 amide bonds. The van der Waals surface area contributed by atoms with Crippen LogP contribution in [0.25, 0.3) is 0 Å². The number of aromatic nitrogens is 3. The van der Waals surface area contributed by atoms with E-state index in [0.29, 0.717) is 22.1 Å². The average Bonchev–Trinajstić information content (AvgIpc) is 2.73. The molecule has 8 nitrogen and oxygen atoms in total. The molecule has 0 unspecified atom stereocenters. The molecule has 0 saturated carbocycles. The van der Waals surface area contributed by atoms with Crippen molar-refractivity contribution in [2.45, 2.75) is 13.5 Å². The fourth-order valence-electron chi connectivity index (χ4n) is 1.60. The van der Waals surface area contributed by atoms with Gasteiger partial charge >= 0.3 is 5.82 Å². The Morgan fingerprint density at radius 1 is 1.58 bits per heavy atom. The van der Waals surface area contributed by atoms with Crippen LogP contribution < -0.4 is 11.3 Å². The molecule has 9 heteroatoms. The summed E-state index contributed by atoms with van der Waals surface area (Å²) in [6, 6.07) is 3.27. The number of aryl methyl sites for hydroxylation is 1. The second-order valence-corrected chi connectivity index (χ2v) is 4.27. The van der Waals surface area contributed by atoms with Gasteiger partial charge in [0.15, 0.2) is 0 Å². The van der Waals surface area contributed by atoms with Crippen molar-refractivity contribution in [1.29, 1.82) is 0 Å². The van der Waals surface area contributed by atoms with Gasteiger partial charge in [0.2, 0.25) is 0 Å². The van der Waals surface area contributed by atoms with Crippen LogP contribution in [0, 0.1) is 17.0 Å². The minimum atomic E-state index is -0.529. The number of pyridine rings is 1. The lowest BCUT2D eigenvalue weighted by atomic mass is 10.3. The van der Waals surface area contributed by atoms with Crippen molar-refractivity contribution < 1.29 is 4.92 Å². The summed E-state index contributed by atoms with van der Waals surface area (Å²) in [6.07, 6.45) is 1.57. The molecule has 0 fully saturated rings. The Labute approximate surface area is 113 Å². The highest BCUT2D eigenvalue weighted by molar-refractivity contribution is 6.31. The Hall–Kier alpha value is -2.19. The molecule has 0 bridgehead atoms. The Morgan fingerprint density at radius 2 is 2.32 bits per heavy atom. The van der Waals surface area contributed by atoms with E-state index in [0.717, 1.165) is 0 Å². The quantitative estimate of drug-likeness (QED) is 0.499. The van der Waals surface area contributed by atoms with Crippen LogP contribution >= 0.6 is 11.6 Å². The first-order valence-electron chi connectivity index (χ1n) is 5.31. The molecule has 2 heterocycles. The number of nitrogens with two attached hydrogens (primary N) is 1. The molecule has 2 aromatic rings. The van der Waals surface area contributed by atoms with E-state index in [9.17, 15) is 10.1 Å². The summed E-state index contributed by atoms with van der Waals surface area (Å²) in [4.78, 5) is 14.4. The number of hydrazine groups is 1. The molecule has 100 valence electrons. The summed E-state index contributed by atoms with van der Waals surface area (Å²) in [7, 11) is 0. The van der Waals surface area contributed by atoms with Crippen LogP contribution in [-0.4, -0.2) is 19.7 Å². The first kappa shape index (κ1) is 13.2. The summed E-state index contributed by atoms with van der Waals surface area (Å²) in [6.45, 7) is 1.84. The predicted molar refractivity (Wildman–Crippen MR) is 69.8 cm³/mol. The lowest BCUT2D eigenvalue weighted by Gasteiger charge is -2.04. The molecular weight excluding hydrogens is 272 g/mol. The second-order valence-electron chi connectivity index (χ2n) is 3.86. The monoisotopic (exact) mass is 282 g/mol. The van der Waals surface area contributed by atoms with Crippen LogP contribution in [0.2, 0.25) is 5.02 Å². The van der Waals surface area contributed by atoms with E-state index in [4.69, 9.17) is 17.4 Å². The summed E-state index contributed by atoms with van der Waals surface area (Å²) < 4.78 is 1.42. The Balaban J connectivity index is 2.30. The number of halogens is 1. The standard InChI is InChI=1S/C10H11ClN6O2/c1-6-4-16(15-10(6)17(18)19)5-8-7(11)2-3-9(13-8)14-12/h2-4H,5,12H2,1H3,(H,13,14). The summed E-state index contributed by atoms with van der Waals surface area (Å²) in [5.41, 5.74) is 3.41. The third kappa shape index (κ3) is 2.80. The Bertz CT molecular complexity index is 626. The molecule has 2 rings (SSSR count). The number of rotatable bonds is 4. The van der Waals surface area contributed by atoms with Crippen molar-refractivity contribution in [2.75, 3.05) is 5.43 Å². The Morgan fingerprint density at radius 3 is 2.89 bits per heavy atom. The zero-order chi connectivity index (χ0) is 14.0. The van der Waals surface area contributed by atoms with Gasteiger partial charge in [0.05, 0.1) is 27.6 Å². The minimum Gasteiger partial charge on any atom is -0.358 e. The molecule has 0 aliphatic heterocycles. The number of hydrogen-bond donors (Lipinski definition) is 2. The normalized spacial score (nSPS) is 10.5. The number of nitrogen functional groups attached to an aromatic ring is 1. The topological polar surface area (TPSA) is 112 Å². The maximum atomic E-state index is 10.7. The maximum absolute atomic E-state index is 10.7. The van der Waals surface area contributed by atoms with Gasteiger partial charge in [-0.25, -0.2) is 10.8 Å². The number of hydrogen-bond acceptors (Lipinski definition) is 6. The zero-order valence-corrected chi connectivity index (χ0v) is 10.8. The SMILES string of the molecule is Cc1cn(Cc2nc(NN)ccc2Cl)nc1[N+](=O)[O-]. The first-order valence-corrected chi connectivity index (χ1v) is 5.69. The minimum absolute atomic E-state index is 0.177. The highest BCUT2D eigenvalue weighted by Crippen LogP contribution is 2.19. The predicted octanol–water partition coefficient (Wildman–Crippen LogP) is 1.48. The van der Waals surface area contributed by atoms with Crippen LogP contribution in [-0.2, 0) is 6.54 Å². The van der Waals surface area contributed by atoms with Crippen LogP contribution in [0.4, 0.5) is 11.6 Å². The summed E-state index contributed by atoms with van der Waals surface area (Å²) in [5, 5.41) is 15.0. The zero-order valence-electron chi connectivity index (χ0n) is 10.00. The third-order valence-corrected chi connectivity index (χ3v) is 2.81. The van der Waals surface area contributed by atoms with Crippen molar-refractivity contribution >= 4 is 23.2 Å². The van der Waals surface area contributed by atoms with E-state index < -0.39 is 4.92 Å². The molecular formula is C10H11ClN6O2. The second kappa shape index (κ2) is 5.21. The molecule has 0 radical (unpaired) electrons. The van der Waals surface area contributed by atoms with Crippen molar-refractivity contribution in [2.24, 2.45) is 5.84 Å². The smallest absolute Gasteiger partial charge is 0.358 e. The van der Waals surface area contributed by atoms with E-state index in [-0.39, 0.29) is 12.4 Å². The fourth-order valence-corrected chi connectivity index (χ4v) is 1.77. The lowest BCUT2D eigenvalue weighted by Crippen LogP contribution is -2.11. The van der Waals surface area contributed by atoms with Gasteiger partial charge in [-0.15, -0.1) is 0 Å². The first-order chi connectivity index (χ1) is 9.01. The van der Waals surface area contributed by atoms with E-state index >= 15 is 0 Å². The van der Waals surface area contributed by atoms with Crippen LogP contribution in [0.15, 0.2) is 18.3 Å². The molecule has 0 spiro atoms. The van der Waals surface area contributed by atoms with Gasteiger partial charge in [-0.1, -0.05) is 11.6 Å². The molecule has 2 aromatic heterocycles. The van der Waals surface area contributed by atoms with Crippen molar-refractivity contribution in [3.05, 3.63) is 44.7 Å². The van der Waals surface area contributed by atoms with Crippen LogP contribution in [0.1, 0.15) is 11.3 Å². The van der Waals surface area contributed by atoms with Crippen LogP contribution in [0.3, 0.4) is 0 Å². The lowest BCUT2D eigenvalue weighted by molar-refractivity contribution is -0.390. The summed E-state index contributed by atoms with van der Waals surface area (Å²) in [5.74, 6) is 5.54. The van der Waals surface area contributed by atoms with E-state index in [1.807, 2.05) is 0 Å². The van der Waals surface area contributed by atoms with E-state index in [1.54, 1.807) is 25.3 Å². The van der Waals surface area contributed by atoms with Gasteiger partial charge in [0.25, 0.3) is 0 Å². The van der Waals surface area contributed by atoms with Gasteiger partial charge in [-0.05, 0) is 24.0 Å². The molecule has 3 N–H and O–H groups in total. The highest BCUT2D eigenvalue weighted by atomic mass is 35.5. The van der Waals surface area contributed by atoms with Crippen molar-refractivity contribution in [1.82, 2.24) is 14.8 Å². The maximum Gasteiger partial charge on any atom is 0.392 e. The average molecular weight is 283 g/mol. The Kier molecular flexibility index (Phi) is 3.63. The van der Waals surface area contributed by atoms with Gasteiger partial charge in [0, 0.05) is 0 Å². The molecule has 19 heavy (non-hydrogen) atoms. The van der Waals surface area contributed by atoms with E-state index in [2.05, 4.69) is 15.5 Å². The molecule has 0 aliphatic rings. The number of anilines is 1. The molecule has 0 aromatic carbocycles. The highest BCUT2D eigenvalue weighted by Gasteiger charge is 2.18. The number of nitrogens with zero attached hydrogens (tertiary/aromatic N) is 4. The van der Waals surface area contributed by atoms with Gasteiger partial charge in [-0.3, -0.25) is 0 Å². The van der Waals surface area contributed by atoms with Crippen LogP contribution in [0.5, 0.6) is 0 Å². The third-order valence-electron chi connectivity index (χ3n) is 2.47. The number of nitro groups is 1. The largest absolute Gasteiger partial charge is 0.392 e. The van der Waals surface area contributed by atoms with Gasteiger partial charge < -0.3 is 15.5 Å². The number of nitrogens with one attached hydrogen (secondary N) is 1. The van der Waals surface area contributed by atoms with Crippen molar-refractivity contribution in [3.63, 3.8) is 0 Å².